The molecule has 0 spiro atoms. The summed E-state index contributed by atoms with van der Waals surface area (Å²) in [6.45, 7) is 2.50. The minimum Gasteiger partial charge on any atom is -0.468 e. The molecule has 1 saturated heterocycles. The van der Waals surface area contributed by atoms with Crippen molar-refractivity contribution < 1.29 is 17.9 Å². The van der Waals surface area contributed by atoms with E-state index in [1.54, 1.807) is 0 Å². The van der Waals surface area contributed by atoms with Crippen molar-refractivity contribution in [2.24, 2.45) is 5.92 Å². The van der Waals surface area contributed by atoms with Crippen molar-refractivity contribution in [3.8, 4) is 0 Å². The van der Waals surface area contributed by atoms with E-state index in [9.17, 15) is 13.2 Å². The molecule has 1 aliphatic rings. The number of benzene rings is 2. The van der Waals surface area contributed by atoms with Crippen molar-refractivity contribution in [1.29, 1.82) is 0 Å². The molecule has 1 fully saturated rings. The van der Waals surface area contributed by atoms with Gasteiger partial charge in [-0.1, -0.05) is 60.7 Å². The van der Waals surface area contributed by atoms with Gasteiger partial charge in [-0.25, -0.2) is 8.42 Å². The van der Waals surface area contributed by atoms with Gasteiger partial charge in [0.1, 0.15) is 0 Å². The van der Waals surface area contributed by atoms with Gasteiger partial charge in [0.15, 0.2) is 15.1 Å². The van der Waals surface area contributed by atoms with Crippen LogP contribution < -0.4 is 0 Å². The first kappa shape index (κ1) is 19.6. The molecule has 0 aliphatic carbocycles. The highest BCUT2D eigenvalue weighted by Gasteiger charge is 2.50. The number of esters is 1. The van der Waals surface area contributed by atoms with Gasteiger partial charge in [-0.3, -0.25) is 9.69 Å². The van der Waals surface area contributed by atoms with E-state index in [1.165, 1.54) is 7.11 Å². The molecule has 0 amide bonds. The van der Waals surface area contributed by atoms with E-state index in [4.69, 9.17) is 4.74 Å². The Morgan fingerprint density at radius 3 is 1.89 bits per heavy atom. The van der Waals surface area contributed by atoms with Gasteiger partial charge in [0.05, 0.1) is 13.2 Å². The maximum absolute atomic E-state index is 12.2. The quantitative estimate of drug-likeness (QED) is 0.713. The number of carbonyl (C=O) groups excluding carboxylic acids is 1. The molecule has 1 heterocycles. The molecule has 144 valence electrons. The van der Waals surface area contributed by atoms with E-state index in [0.29, 0.717) is 6.54 Å². The van der Waals surface area contributed by atoms with Crippen molar-refractivity contribution in [2.75, 3.05) is 19.9 Å². The van der Waals surface area contributed by atoms with Gasteiger partial charge >= 0.3 is 5.97 Å². The Kier molecular flexibility index (Phi) is 5.67. The van der Waals surface area contributed by atoms with Gasteiger partial charge in [-0.15, -0.1) is 0 Å². The third kappa shape index (κ3) is 3.92. The molecule has 0 N–H and O–H groups in total. The van der Waals surface area contributed by atoms with Crippen molar-refractivity contribution in [1.82, 2.24) is 4.90 Å². The average Bonchev–Trinajstić information content (AvgIpc) is 2.67. The first-order chi connectivity index (χ1) is 12.8. The molecule has 1 aliphatic heterocycles. The van der Waals surface area contributed by atoms with Crippen LogP contribution in [0, 0.1) is 5.92 Å². The lowest BCUT2D eigenvalue weighted by atomic mass is 9.82. The van der Waals surface area contributed by atoms with Gasteiger partial charge in [0, 0.05) is 24.8 Å². The minimum atomic E-state index is -3.55. The number of methoxy groups -OCH3 is 1. The van der Waals surface area contributed by atoms with E-state index in [0.717, 1.165) is 17.4 Å². The van der Waals surface area contributed by atoms with Crippen LogP contribution in [0.15, 0.2) is 60.7 Å². The number of likely N-dealkylation sites (tertiary alicyclic amines) is 1. The van der Waals surface area contributed by atoms with Crippen molar-refractivity contribution >= 4 is 15.8 Å². The molecular weight excluding hydrogens is 362 g/mol. The predicted octanol–water partition coefficient (Wildman–Crippen LogP) is 2.68. The van der Waals surface area contributed by atoms with Gasteiger partial charge < -0.3 is 4.74 Å². The number of sulfone groups is 1. The molecular formula is C21H25NO4S. The molecule has 3 atom stereocenters. The van der Waals surface area contributed by atoms with E-state index in [1.807, 2.05) is 43.3 Å². The number of hydrogen-bond acceptors (Lipinski definition) is 5. The first-order valence-electron chi connectivity index (χ1n) is 8.97. The summed E-state index contributed by atoms with van der Waals surface area (Å²) in [7, 11) is -2.31. The number of hydrogen-bond donors (Lipinski definition) is 0. The lowest BCUT2D eigenvalue weighted by Gasteiger charge is -2.52. The summed E-state index contributed by atoms with van der Waals surface area (Å²) in [4.78, 5) is 14.4. The summed E-state index contributed by atoms with van der Waals surface area (Å²) in [6, 6.07) is 20.2. The fourth-order valence-electron chi connectivity index (χ4n) is 3.99. The summed E-state index contributed by atoms with van der Waals surface area (Å²) in [6.07, 6.45) is 1.11. The molecule has 2 aromatic carbocycles. The molecule has 3 rings (SSSR count). The Morgan fingerprint density at radius 2 is 1.52 bits per heavy atom. The van der Waals surface area contributed by atoms with E-state index in [-0.39, 0.29) is 18.0 Å². The molecule has 0 saturated carbocycles. The van der Waals surface area contributed by atoms with E-state index in [2.05, 4.69) is 29.2 Å². The zero-order valence-corrected chi connectivity index (χ0v) is 16.6. The number of ether oxygens (including phenoxy) is 1. The monoisotopic (exact) mass is 387 g/mol. The summed E-state index contributed by atoms with van der Waals surface area (Å²) >= 11 is 0. The Morgan fingerprint density at radius 1 is 1.04 bits per heavy atom. The van der Waals surface area contributed by atoms with Crippen LogP contribution in [0.5, 0.6) is 0 Å². The largest absolute Gasteiger partial charge is 0.468 e. The fraction of sp³-hybridized carbons (Fsp3) is 0.381. The van der Waals surface area contributed by atoms with Crippen LogP contribution in [-0.4, -0.2) is 50.5 Å². The summed E-state index contributed by atoms with van der Waals surface area (Å²) < 4.78 is 29.2. The normalized spacial score (nSPS) is 21.5. The maximum Gasteiger partial charge on any atom is 0.324 e. The predicted molar refractivity (Wildman–Crippen MR) is 105 cm³/mol. The van der Waals surface area contributed by atoms with Gasteiger partial charge in [-0.05, 0) is 18.1 Å². The number of carbonyl (C=O) groups is 1. The van der Waals surface area contributed by atoms with Gasteiger partial charge in [-0.2, -0.15) is 0 Å². The van der Waals surface area contributed by atoms with Crippen molar-refractivity contribution in [2.45, 2.75) is 24.3 Å². The second kappa shape index (κ2) is 7.82. The third-order valence-corrected chi connectivity index (χ3v) is 6.87. The SMILES string of the molecule is COC(=O)[C@H](C1CN(C(c2ccccc2)c2ccccc2)[C@H]1C)S(C)(=O)=O. The van der Waals surface area contributed by atoms with E-state index < -0.39 is 21.1 Å². The zero-order chi connectivity index (χ0) is 19.6. The fourth-order valence-corrected chi connectivity index (χ4v) is 5.38. The minimum absolute atomic E-state index is 0.0107. The number of rotatable bonds is 6. The Labute approximate surface area is 160 Å². The molecule has 5 nitrogen and oxygen atoms in total. The topological polar surface area (TPSA) is 63.7 Å². The molecule has 0 aromatic heterocycles. The van der Waals surface area contributed by atoms with Gasteiger partial charge in [0.2, 0.25) is 0 Å². The third-order valence-electron chi connectivity index (χ3n) is 5.41. The molecule has 0 radical (unpaired) electrons. The standard InChI is InChI=1S/C21H25NO4S/c1-15-18(20(21(23)26-2)27(3,24)25)14-22(15)19(16-10-6-4-7-11-16)17-12-8-5-9-13-17/h4-13,15,18-20H,14H2,1-3H3/t15-,18?,20-/m0/s1. The molecule has 0 bridgehead atoms. The Balaban J connectivity index is 1.92. The summed E-state index contributed by atoms with van der Waals surface area (Å²) in [5.74, 6) is -0.965. The van der Waals surface area contributed by atoms with Gasteiger partial charge in [0.25, 0.3) is 0 Å². The molecule has 2 aromatic rings. The molecule has 27 heavy (non-hydrogen) atoms. The van der Waals surface area contributed by atoms with Crippen molar-refractivity contribution in [3.05, 3.63) is 71.8 Å². The lowest BCUT2D eigenvalue weighted by Crippen LogP contribution is -2.62. The van der Waals surface area contributed by atoms with Crippen LogP contribution in [0.4, 0.5) is 0 Å². The second-order valence-electron chi connectivity index (χ2n) is 7.10. The Hall–Kier alpha value is -2.18. The second-order valence-corrected chi connectivity index (χ2v) is 9.27. The Bertz CT molecular complexity index is 843. The smallest absolute Gasteiger partial charge is 0.324 e. The van der Waals surface area contributed by atoms with Crippen LogP contribution in [-0.2, 0) is 19.4 Å². The van der Waals surface area contributed by atoms with E-state index >= 15 is 0 Å². The average molecular weight is 388 g/mol. The first-order valence-corrected chi connectivity index (χ1v) is 10.9. The zero-order valence-electron chi connectivity index (χ0n) is 15.8. The van der Waals surface area contributed by atoms with Crippen LogP contribution in [0.2, 0.25) is 0 Å². The highest BCUT2D eigenvalue weighted by molar-refractivity contribution is 7.92. The molecule has 1 unspecified atom stereocenters. The highest BCUT2D eigenvalue weighted by Crippen LogP contribution is 2.41. The van der Waals surface area contributed by atoms with Crippen LogP contribution >= 0.6 is 0 Å². The highest BCUT2D eigenvalue weighted by atomic mass is 32.2. The van der Waals surface area contributed by atoms with Crippen LogP contribution in [0.3, 0.4) is 0 Å². The van der Waals surface area contributed by atoms with Crippen LogP contribution in [0.1, 0.15) is 24.1 Å². The number of nitrogens with zero attached hydrogens (tertiary/aromatic N) is 1. The lowest BCUT2D eigenvalue weighted by molar-refractivity contribution is -0.144. The van der Waals surface area contributed by atoms with Crippen molar-refractivity contribution in [3.63, 3.8) is 0 Å². The summed E-state index contributed by atoms with van der Waals surface area (Å²) in [5, 5.41) is -1.12. The van der Waals surface area contributed by atoms with Crippen LogP contribution in [0.25, 0.3) is 0 Å². The molecule has 6 heteroatoms. The maximum atomic E-state index is 12.2. The summed E-state index contributed by atoms with van der Waals surface area (Å²) in [5.41, 5.74) is 2.28.